The summed E-state index contributed by atoms with van der Waals surface area (Å²) in [7, 11) is 1.29. The van der Waals surface area contributed by atoms with E-state index in [1.807, 2.05) is 0 Å². The zero-order valence-corrected chi connectivity index (χ0v) is 16.0. The van der Waals surface area contributed by atoms with Crippen molar-refractivity contribution in [2.75, 3.05) is 21.3 Å². The highest BCUT2D eigenvalue weighted by Gasteiger charge is 2.51. The van der Waals surface area contributed by atoms with Crippen molar-refractivity contribution in [3.05, 3.63) is 18.2 Å². The molecule has 1 aromatic carbocycles. The van der Waals surface area contributed by atoms with Gasteiger partial charge in [-0.25, -0.2) is 8.42 Å². The van der Waals surface area contributed by atoms with Crippen molar-refractivity contribution in [2.45, 2.75) is 43.0 Å². The predicted octanol–water partition coefficient (Wildman–Crippen LogP) is 3.15. The minimum atomic E-state index is -3.54. The minimum absolute atomic E-state index is 0.144. The molecule has 1 aromatic rings. The Morgan fingerprint density at radius 1 is 0.920 bits per heavy atom. The molecule has 0 aliphatic heterocycles. The Kier molecular flexibility index (Phi) is 4.23. The van der Waals surface area contributed by atoms with Gasteiger partial charge in [0.25, 0.3) is 0 Å². The summed E-state index contributed by atoms with van der Waals surface area (Å²) < 4.78 is 38.7. The Bertz CT molecular complexity index is 733. The maximum Gasteiger partial charge on any atom is 0.243 e. The molecule has 0 spiro atoms. The molecular formula is C19H27NO4S. The van der Waals surface area contributed by atoms with Crippen LogP contribution in [-0.4, -0.2) is 40.0 Å². The largest absolute Gasteiger partial charge is 0.493 e. The second-order valence-corrected chi connectivity index (χ2v) is 9.96. The van der Waals surface area contributed by atoms with Crippen molar-refractivity contribution in [3.63, 3.8) is 0 Å². The van der Waals surface area contributed by atoms with Crippen molar-refractivity contribution in [2.24, 2.45) is 23.7 Å². The molecule has 0 saturated heterocycles. The average Bonchev–Trinajstić information content (AvgIpc) is 2.59. The highest BCUT2D eigenvalue weighted by molar-refractivity contribution is 7.89. The molecule has 4 aliphatic rings. The van der Waals surface area contributed by atoms with Gasteiger partial charge in [0.05, 0.1) is 19.1 Å². The Hall–Kier alpha value is -1.27. The van der Waals surface area contributed by atoms with Crippen molar-refractivity contribution in [1.82, 2.24) is 4.31 Å². The van der Waals surface area contributed by atoms with E-state index in [-0.39, 0.29) is 10.9 Å². The normalized spacial score (nSPS) is 33.7. The van der Waals surface area contributed by atoms with Gasteiger partial charge in [-0.3, -0.25) is 0 Å². The molecule has 0 amide bonds. The molecule has 6 heteroatoms. The third-order valence-corrected chi connectivity index (χ3v) is 8.48. The van der Waals surface area contributed by atoms with E-state index in [1.165, 1.54) is 39.2 Å². The average molecular weight is 365 g/mol. The van der Waals surface area contributed by atoms with Crippen LogP contribution in [0.2, 0.25) is 0 Å². The monoisotopic (exact) mass is 365 g/mol. The third-order valence-electron chi connectivity index (χ3n) is 6.63. The van der Waals surface area contributed by atoms with Crippen LogP contribution in [0.4, 0.5) is 0 Å². The van der Waals surface area contributed by atoms with Crippen LogP contribution in [0, 0.1) is 23.7 Å². The van der Waals surface area contributed by atoms with Gasteiger partial charge in [0, 0.05) is 19.2 Å². The summed E-state index contributed by atoms with van der Waals surface area (Å²) in [6.07, 6.45) is 6.16. The van der Waals surface area contributed by atoms with E-state index in [0.29, 0.717) is 23.3 Å². The van der Waals surface area contributed by atoms with Gasteiger partial charge in [0.15, 0.2) is 11.5 Å². The van der Waals surface area contributed by atoms with E-state index in [2.05, 4.69) is 0 Å². The van der Waals surface area contributed by atoms with Gasteiger partial charge in [-0.05, 0) is 67.9 Å². The summed E-state index contributed by atoms with van der Waals surface area (Å²) in [6, 6.07) is 4.99. The van der Waals surface area contributed by atoms with E-state index in [4.69, 9.17) is 9.47 Å². The van der Waals surface area contributed by atoms with Crippen LogP contribution in [0.5, 0.6) is 11.5 Å². The lowest BCUT2D eigenvalue weighted by Crippen LogP contribution is -2.56. The zero-order valence-electron chi connectivity index (χ0n) is 15.1. The Labute approximate surface area is 150 Å². The molecule has 4 aliphatic carbocycles. The van der Waals surface area contributed by atoms with Gasteiger partial charge in [-0.1, -0.05) is 0 Å². The first-order valence-electron chi connectivity index (χ1n) is 9.14. The van der Waals surface area contributed by atoms with E-state index in [1.54, 1.807) is 36.7 Å². The second-order valence-electron chi connectivity index (χ2n) is 7.96. The van der Waals surface area contributed by atoms with E-state index in [9.17, 15) is 8.42 Å². The maximum absolute atomic E-state index is 13.3. The fourth-order valence-electron chi connectivity index (χ4n) is 5.79. The third kappa shape index (κ3) is 2.74. The first-order valence-corrected chi connectivity index (χ1v) is 10.6. The summed E-state index contributed by atoms with van der Waals surface area (Å²) in [5, 5.41) is 0. The number of hydrogen-bond donors (Lipinski definition) is 0. The fraction of sp³-hybridized carbons (Fsp3) is 0.684. The first-order chi connectivity index (χ1) is 11.9. The van der Waals surface area contributed by atoms with Crippen LogP contribution >= 0.6 is 0 Å². The standard InChI is InChI=1S/C19H27NO4S/c1-20(19-14-7-12-6-13(9-14)10-15(19)8-12)25(21,22)16-4-5-17(23-2)18(11-16)24-3/h4-5,11-15,19H,6-10H2,1-3H3. The number of sulfonamides is 1. The van der Waals surface area contributed by atoms with Crippen LogP contribution in [0.15, 0.2) is 23.1 Å². The van der Waals surface area contributed by atoms with Gasteiger partial charge in [-0.15, -0.1) is 0 Å². The summed E-state index contributed by atoms with van der Waals surface area (Å²) >= 11 is 0. The highest BCUT2D eigenvalue weighted by Crippen LogP contribution is 2.55. The van der Waals surface area contributed by atoms with Crippen LogP contribution in [0.3, 0.4) is 0 Å². The molecule has 0 atom stereocenters. The first kappa shape index (κ1) is 17.2. The topological polar surface area (TPSA) is 55.8 Å². The molecule has 5 rings (SSSR count). The van der Waals surface area contributed by atoms with Gasteiger partial charge in [0.2, 0.25) is 10.0 Å². The Balaban J connectivity index is 1.64. The van der Waals surface area contributed by atoms with Crippen molar-refractivity contribution < 1.29 is 17.9 Å². The molecule has 4 saturated carbocycles. The Morgan fingerprint density at radius 2 is 1.48 bits per heavy atom. The second kappa shape index (κ2) is 6.16. The van der Waals surface area contributed by atoms with Crippen LogP contribution in [0.25, 0.3) is 0 Å². The number of methoxy groups -OCH3 is 2. The van der Waals surface area contributed by atoms with Gasteiger partial charge in [0.1, 0.15) is 0 Å². The van der Waals surface area contributed by atoms with Crippen molar-refractivity contribution >= 4 is 10.0 Å². The molecule has 25 heavy (non-hydrogen) atoms. The molecule has 4 fully saturated rings. The molecule has 0 heterocycles. The highest BCUT2D eigenvalue weighted by atomic mass is 32.2. The summed E-state index contributed by atoms with van der Waals surface area (Å²) in [4.78, 5) is 0.279. The van der Waals surface area contributed by atoms with E-state index in [0.717, 1.165) is 11.8 Å². The minimum Gasteiger partial charge on any atom is -0.493 e. The van der Waals surface area contributed by atoms with Crippen LogP contribution in [-0.2, 0) is 10.0 Å². The lowest BCUT2D eigenvalue weighted by atomic mass is 9.54. The summed E-state index contributed by atoms with van der Waals surface area (Å²) in [5.41, 5.74) is 0. The lowest BCUT2D eigenvalue weighted by molar-refractivity contribution is -0.0351. The molecule has 0 aromatic heterocycles. The number of hydrogen-bond acceptors (Lipinski definition) is 4. The molecule has 0 unspecified atom stereocenters. The molecule has 0 N–H and O–H groups in total. The molecule has 5 nitrogen and oxygen atoms in total. The Morgan fingerprint density at radius 3 is 2.00 bits per heavy atom. The zero-order chi connectivity index (χ0) is 17.8. The number of nitrogens with zero attached hydrogens (tertiary/aromatic N) is 1. The van der Waals surface area contributed by atoms with Gasteiger partial charge >= 0.3 is 0 Å². The van der Waals surface area contributed by atoms with Crippen LogP contribution < -0.4 is 9.47 Å². The number of benzene rings is 1. The molecule has 0 radical (unpaired) electrons. The van der Waals surface area contributed by atoms with Crippen LogP contribution in [0.1, 0.15) is 32.1 Å². The molecular weight excluding hydrogens is 338 g/mol. The van der Waals surface area contributed by atoms with Crippen molar-refractivity contribution in [3.8, 4) is 11.5 Å². The fourth-order valence-corrected chi connectivity index (χ4v) is 7.29. The quantitative estimate of drug-likeness (QED) is 0.804. The van der Waals surface area contributed by atoms with E-state index < -0.39 is 10.0 Å². The molecule has 4 bridgehead atoms. The smallest absolute Gasteiger partial charge is 0.243 e. The summed E-state index contributed by atoms with van der Waals surface area (Å²) in [6.45, 7) is 0. The van der Waals surface area contributed by atoms with E-state index >= 15 is 0 Å². The number of rotatable bonds is 5. The van der Waals surface area contributed by atoms with Gasteiger partial charge < -0.3 is 9.47 Å². The molecule has 138 valence electrons. The van der Waals surface area contributed by atoms with Crippen molar-refractivity contribution in [1.29, 1.82) is 0 Å². The lowest BCUT2D eigenvalue weighted by Gasteiger charge is -2.56. The SMILES string of the molecule is COc1ccc(S(=O)(=O)N(C)C2C3CC4CC(C3)CC2C4)cc1OC. The predicted molar refractivity (Wildman–Crippen MR) is 95.3 cm³/mol. The van der Waals surface area contributed by atoms with Gasteiger partial charge in [-0.2, -0.15) is 4.31 Å². The summed E-state index contributed by atoms with van der Waals surface area (Å²) in [5.74, 6) is 3.69. The maximum atomic E-state index is 13.3. The number of ether oxygens (including phenoxy) is 2.